The summed E-state index contributed by atoms with van der Waals surface area (Å²) < 4.78 is 2.44. The number of hydrogen-bond acceptors (Lipinski definition) is 3. The van der Waals surface area contributed by atoms with E-state index < -0.39 is 0 Å². The number of para-hydroxylation sites is 2. The minimum Gasteiger partial charge on any atom is -0.320 e. The van der Waals surface area contributed by atoms with Crippen LogP contribution in [0.25, 0.3) is 28.5 Å². The summed E-state index contributed by atoms with van der Waals surface area (Å²) in [5.74, 6) is 1.07. The molecule has 28 heavy (non-hydrogen) atoms. The van der Waals surface area contributed by atoms with E-state index in [9.17, 15) is 4.79 Å². The van der Waals surface area contributed by atoms with Crippen molar-refractivity contribution in [2.45, 2.75) is 32.7 Å². The van der Waals surface area contributed by atoms with E-state index in [4.69, 9.17) is 4.98 Å². The summed E-state index contributed by atoms with van der Waals surface area (Å²) >= 11 is 0. The number of rotatable bonds is 5. The number of fused-ring (bicyclic) bond motifs is 1. The number of piperidine rings is 1. The predicted octanol–water partition coefficient (Wildman–Crippen LogP) is 4.96. The van der Waals surface area contributed by atoms with Gasteiger partial charge in [0.15, 0.2) is 5.78 Å². The van der Waals surface area contributed by atoms with Crippen molar-refractivity contribution >= 4 is 22.9 Å². The van der Waals surface area contributed by atoms with E-state index >= 15 is 0 Å². The van der Waals surface area contributed by atoms with Gasteiger partial charge in [0.05, 0.1) is 11.0 Å². The zero-order chi connectivity index (χ0) is 19.5. The van der Waals surface area contributed by atoms with Crippen LogP contribution in [0, 0.1) is 0 Å². The molecule has 0 N–H and O–H groups in total. The number of imidazole rings is 1. The number of aromatic nitrogens is 2. The van der Waals surface area contributed by atoms with E-state index in [0.29, 0.717) is 6.04 Å². The highest BCUT2D eigenvalue weighted by atomic mass is 16.1. The Bertz CT molecular complexity index is 1020. The smallest absolute Gasteiger partial charge is 0.152 e. The molecule has 1 aliphatic rings. The lowest BCUT2D eigenvalue weighted by Gasteiger charge is -2.33. The van der Waals surface area contributed by atoms with E-state index in [1.54, 1.807) is 13.0 Å². The predicted molar refractivity (Wildman–Crippen MR) is 115 cm³/mol. The molecule has 0 saturated carbocycles. The number of ketones is 1. The zero-order valence-electron chi connectivity index (χ0n) is 16.6. The van der Waals surface area contributed by atoms with Crippen molar-refractivity contribution in [2.24, 2.45) is 0 Å². The van der Waals surface area contributed by atoms with Crippen LogP contribution in [0.4, 0.5) is 0 Å². The monoisotopic (exact) mass is 373 g/mol. The van der Waals surface area contributed by atoms with E-state index in [2.05, 4.69) is 52.8 Å². The largest absolute Gasteiger partial charge is 0.320 e. The van der Waals surface area contributed by atoms with Crippen LogP contribution in [0.3, 0.4) is 0 Å². The Balaban J connectivity index is 1.81. The Hall–Kier alpha value is -2.72. The van der Waals surface area contributed by atoms with Gasteiger partial charge < -0.3 is 9.47 Å². The second kappa shape index (κ2) is 8.11. The highest BCUT2D eigenvalue weighted by Gasteiger charge is 2.25. The Morgan fingerprint density at radius 1 is 1.21 bits per heavy atom. The maximum absolute atomic E-state index is 11.3. The number of nitrogens with zero attached hydrogens (tertiary/aromatic N) is 3. The van der Waals surface area contributed by atoms with E-state index in [1.165, 1.54) is 24.9 Å². The molecule has 4 heteroatoms. The minimum atomic E-state index is 0.0551. The standard InChI is InChI=1S/C24H27N3O/c1-3-26-15-7-10-21(17-26)27-23-12-5-4-11-22(23)25-24(27)20-9-6-8-19(16-20)14-13-18(2)28/h4-6,8-9,11-14,16,21H,3,7,10,15,17H2,1-2H3/b14-13+/t21-/m0/s1. The highest BCUT2D eigenvalue weighted by Crippen LogP contribution is 2.33. The molecule has 1 aromatic heterocycles. The van der Waals surface area contributed by atoms with Crippen molar-refractivity contribution in [3.63, 3.8) is 0 Å². The minimum absolute atomic E-state index is 0.0551. The second-order valence-corrected chi connectivity index (χ2v) is 7.55. The van der Waals surface area contributed by atoms with Crippen LogP contribution in [0.1, 0.15) is 38.3 Å². The molecule has 0 unspecified atom stereocenters. The van der Waals surface area contributed by atoms with Crippen LogP contribution in [0.2, 0.25) is 0 Å². The van der Waals surface area contributed by atoms with Crippen molar-refractivity contribution in [2.75, 3.05) is 19.6 Å². The van der Waals surface area contributed by atoms with E-state index in [0.717, 1.165) is 35.6 Å². The third kappa shape index (κ3) is 3.78. The molecule has 4 rings (SSSR count). The fourth-order valence-corrected chi connectivity index (χ4v) is 4.14. The van der Waals surface area contributed by atoms with Gasteiger partial charge in [-0.05, 0) is 62.7 Å². The second-order valence-electron chi connectivity index (χ2n) is 7.55. The lowest BCUT2D eigenvalue weighted by atomic mass is 10.0. The summed E-state index contributed by atoms with van der Waals surface area (Å²) in [6.07, 6.45) is 5.88. The van der Waals surface area contributed by atoms with Crippen molar-refractivity contribution in [3.8, 4) is 11.4 Å². The molecule has 0 radical (unpaired) electrons. The maximum atomic E-state index is 11.3. The molecule has 1 aliphatic heterocycles. The average molecular weight is 374 g/mol. The molecule has 1 saturated heterocycles. The first-order chi connectivity index (χ1) is 13.7. The number of benzene rings is 2. The summed E-state index contributed by atoms with van der Waals surface area (Å²) in [6, 6.07) is 17.1. The fraction of sp³-hybridized carbons (Fsp3) is 0.333. The summed E-state index contributed by atoms with van der Waals surface area (Å²) in [6.45, 7) is 7.14. The number of likely N-dealkylation sites (N-methyl/N-ethyl adjacent to an activating group) is 1. The number of carbonyl (C=O) groups excluding carboxylic acids is 1. The van der Waals surface area contributed by atoms with Gasteiger partial charge in [-0.1, -0.05) is 43.3 Å². The first-order valence-electron chi connectivity index (χ1n) is 10.1. The molecular formula is C24H27N3O. The molecule has 0 spiro atoms. The van der Waals surface area contributed by atoms with Gasteiger partial charge in [-0.25, -0.2) is 4.98 Å². The third-order valence-electron chi connectivity index (χ3n) is 5.54. The molecule has 2 heterocycles. The molecule has 144 valence electrons. The van der Waals surface area contributed by atoms with Gasteiger partial charge in [0.25, 0.3) is 0 Å². The lowest BCUT2D eigenvalue weighted by molar-refractivity contribution is -0.112. The van der Waals surface area contributed by atoms with Crippen molar-refractivity contribution in [3.05, 3.63) is 60.2 Å². The molecule has 0 amide bonds. The zero-order valence-corrected chi connectivity index (χ0v) is 16.6. The maximum Gasteiger partial charge on any atom is 0.152 e. The molecule has 0 aliphatic carbocycles. The van der Waals surface area contributed by atoms with E-state index in [1.807, 2.05) is 18.2 Å². The molecule has 3 aromatic rings. The van der Waals surface area contributed by atoms with E-state index in [-0.39, 0.29) is 5.78 Å². The van der Waals surface area contributed by atoms with Gasteiger partial charge in [0, 0.05) is 18.2 Å². The molecule has 1 atom stereocenters. The van der Waals surface area contributed by atoms with Crippen LogP contribution in [0.5, 0.6) is 0 Å². The molecule has 1 fully saturated rings. The Morgan fingerprint density at radius 3 is 2.89 bits per heavy atom. The first kappa shape index (κ1) is 18.6. The van der Waals surface area contributed by atoms with Crippen LogP contribution in [-0.4, -0.2) is 39.9 Å². The van der Waals surface area contributed by atoms with Gasteiger partial charge in [-0.2, -0.15) is 0 Å². The Kier molecular flexibility index (Phi) is 5.40. The average Bonchev–Trinajstić information content (AvgIpc) is 3.12. The van der Waals surface area contributed by atoms with Gasteiger partial charge in [-0.3, -0.25) is 4.79 Å². The third-order valence-corrected chi connectivity index (χ3v) is 5.54. The highest BCUT2D eigenvalue weighted by molar-refractivity contribution is 5.91. The lowest BCUT2D eigenvalue weighted by Crippen LogP contribution is -2.36. The number of likely N-dealkylation sites (tertiary alicyclic amines) is 1. The van der Waals surface area contributed by atoms with Gasteiger partial charge in [0.2, 0.25) is 0 Å². The first-order valence-corrected chi connectivity index (χ1v) is 10.1. The SMILES string of the molecule is CCN1CCC[C@H](n2c(-c3cccc(/C=C/C(C)=O)c3)nc3ccccc32)C1. The molecule has 2 aromatic carbocycles. The molecule has 0 bridgehead atoms. The van der Waals surface area contributed by atoms with Crippen molar-refractivity contribution < 1.29 is 4.79 Å². The number of carbonyl (C=O) groups is 1. The van der Waals surface area contributed by atoms with Crippen LogP contribution < -0.4 is 0 Å². The van der Waals surface area contributed by atoms with Gasteiger partial charge in [-0.15, -0.1) is 0 Å². The number of hydrogen-bond donors (Lipinski definition) is 0. The molecular weight excluding hydrogens is 346 g/mol. The van der Waals surface area contributed by atoms with Crippen LogP contribution in [-0.2, 0) is 4.79 Å². The summed E-state index contributed by atoms with van der Waals surface area (Å²) in [5.41, 5.74) is 4.35. The van der Waals surface area contributed by atoms with Crippen LogP contribution in [0.15, 0.2) is 54.6 Å². The quantitative estimate of drug-likeness (QED) is 0.593. The van der Waals surface area contributed by atoms with Crippen LogP contribution >= 0.6 is 0 Å². The summed E-state index contributed by atoms with van der Waals surface area (Å²) in [7, 11) is 0. The van der Waals surface area contributed by atoms with Crippen molar-refractivity contribution in [1.29, 1.82) is 0 Å². The number of allylic oxidation sites excluding steroid dienone is 1. The molecule has 4 nitrogen and oxygen atoms in total. The fourth-order valence-electron chi connectivity index (χ4n) is 4.14. The van der Waals surface area contributed by atoms with Gasteiger partial charge in [0.1, 0.15) is 5.82 Å². The summed E-state index contributed by atoms with van der Waals surface area (Å²) in [5, 5.41) is 0. The summed E-state index contributed by atoms with van der Waals surface area (Å²) in [4.78, 5) is 18.8. The Labute approximate surface area is 166 Å². The normalized spacial score (nSPS) is 18.1. The van der Waals surface area contributed by atoms with Gasteiger partial charge >= 0.3 is 0 Å². The topological polar surface area (TPSA) is 38.1 Å². The Morgan fingerprint density at radius 2 is 2.07 bits per heavy atom. The van der Waals surface area contributed by atoms with Crippen molar-refractivity contribution in [1.82, 2.24) is 14.5 Å².